The molecule has 0 bridgehead atoms. The third kappa shape index (κ3) is 7.22. The number of esters is 1. The molecular formula is C23H29FO5S. The number of rotatable bonds is 9. The van der Waals surface area contributed by atoms with E-state index in [9.17, 15) is 17.6 Å². The second kappa shape index (κ2) is 10.2. The highest BCUT2D eigenvalue weighted by atomic mass is 32.2. The Hall–Kier alpha value is -2.25. The Morgan fingerprint density at radius 2 is 1.67 bits per heavy atom. The van der Waals surface area contributed by atoms with Crippen molar-refractivity contribution < 1.29 is 26.5 Å². The Morgan fingerprint density at radius 1 is 1.00 bits per heavy atom. The minimum absolute atomic E-state index is 0.0365. The molecule has 2 rings (SSSR count). The van der Waals surface area contributed by atoms with Crippen molar-refractivity contribution >= 4 is 16.1 Å². The SMILES string of the molecule is Cc1ccc(S(=O)(=O)OCCCCCc2cccc(F)c2C(=O)OC(C)(C)C)cc1. The van der Waals surface area contributed by atoms with Gasteiger partial charge in [-0.25, -0.2) is 9.18 Å². The van der Waals surface area contributed by atoms with Crippen LogP contribution in [0.15, 0.2) is 47.4 Å². The fourth-order valence-corrected chi connectivity index (χ4v) is 3.81. The number of carbonyl (C=O) groups excluding carboxylic acids is 1. The number of halogens is 1. The molecule has 7 heteroatoms. The van der Waals surface area contributed by atoms with Crippen LogP contribution in [-0.2, 0) is 25.5 Å². The third-order valence-corrected chi connectivity index (χ3v) is 5.67. The first-order chi connectivity index (χ1) is 14.0. The quantitative estimate of drug-likeness (QED) is 0.307. The smallest absolute Gasteiger partial charge is 0.341 e. The highest BCUT2D eigenvalue weighted by molar-refractivity contribution is 7.86. The molecule has 0 amide bonds. The maximum absolute atomic E-state index is 14.2. The van der Waals surface area contributed by atoms with E-state index in [2.05, 4.69) is 0 Å². The predicted molar refractivity (Wildman–Crippen MR) is 113 cm³/mol. The van der Waals surface area contributed by atoms with E-state index in [0.717, 1.165) is 5.56 Å². The van der Waals surface area contributed by atoms with Gasteiger partial charge in [0.1, 0.15) is 11.4 Å². The van der Waals surface area contributed by atoms with Crippen molar-refractivity contribution in [2.75, 3.05) is 6.61 Å². The summed E-state index contributed by atoms with van der Waals surface area (Å²) in [6.07, 6.45) is 2.35. The lowest BCUT2D eigenvalue weighted by atomic mass is 10.0. The molecule has 164 valence electrons. The van der Waals surface area contributed by atoms with Crippen LogP contribution >= 0.6 is 0 Å². The van der Waals surface area contributed by atoms with Crippen LogP contribution in [0.1, 0.15) is 61.5 Å². The van der Waals surface area contributed by atoms with E-state index in [1.165, 1.54) is 18.2 Å². The van der Waals surface area contributed by atoms with Gasteiger partial charge < -0.3 is 4.74 Å². The summed E-state index contributed by atoms with van der Waals surface area (Å²) >= 11 is 0. The predicted octanol–water partition coefficient (Wildman–Crippen LogP) is 5.21. The maximum atomic E-state index is 14.2. The summed E-state index contributed by atoms with van der Waals surface area (Å²) in [6.45, 7) is 7.14. The first-order valence-electron chi connectivity index (χ1n) is 9.96. The molecule has 5 nitrogen and oxygen atoms in total. The Kier molecular flexibility index (Phi) is 8.15. The zero-order valence-corrected chi connectivity index (χ0v) is 18.7. The van der Waals surface area contributed by atoms with Crippen LogP contribution < -0.4 is 0 Å². The average molecular weight is 437 g/mol. The second-order valence-electron chi connectivity index (χ2n) is 8.18. The van der Waals surface area contributed by atoms with Crippen molar-refractivity contribution in [1.29, 1.82) is 0 Å². The standard InChI is InChI=1S/C23H29FO5S/c1-17-12-14-19(15-13-17)30(26,27)28-16-7-5-6-9-18-10-8-11-20(24)21(18)22(25)29-23(2,3)4/h8,10-15H,5-7,9,16H2,1-4H3. The molecule has 30 heavy (non-hydrogen) atoms. The van der Waals surface area contributed by atoms with Crippen molar-refractivity contribution in [1.82, 2.24) is 0 Å². The summed E-state index contributed by atoms with van der Waals surface area (Å²) in [5.41, 5.74) is 0.803. The van der Waals surface area contributed by atoms with Gasteiger partial charge in [-0.1, -0.05) is 36.2 Å². The lowest BCUT2D eigenvalue weighted by Gasteiger charge is -2.20. The molecule has 0 radical (unpaired) electrons. The summed E-state index contributed by atoms with van der Waals surface area (Å²) in [6, 6.07) is 11.0. The van der Waals surface area contributed by atoms with Gasteiger partial charge in [-0.15, -0.1) is 0 Å². The molecule has 0 unspecified atom stereocenters. The van der Waals surface area contributed by atoms with Gasteiger partial charge in [-0.3, -0.25) is 4.18 Å². The van der Waals surface area contributed by atoms with Crippen LogP contribution in [-0.4, -0.2) is 26.6 Å². The Balaban J connectivity index is 1.85. The molecular weight excluding hydrogens is 407 g/mol. The van der Waals surface area contributed by atoms with Crippen LogP contribution in [0.4, 0.5) is 4.39 Å². The molecule has 0 fully saturated rings. The van der Waals surface area contributed by atoms with Gasteiger partial charge >= 0.3 is 5.97 Å². The van der Waals surface area contributed by atoms with E-state index >= 15 is 0 Å². The average Bonchev–Trinajstić information content (AvgIpc) is 2.63. The van der Waals surface area contributed by atoms with Gasteiger partial charge in [0.25, 0.3) is 10.1 Å². The zero-order chi connectivity index (χ0) is 22.4. The first-order valence-corrected chi connectivity index (χ1v) is 11.4. The minimum atomic E-state index is -3.77. The fraction of sp³-hybridized carbons (Fsp3) is 0.435. The third-order valence-electron chi connectivity index (χ3n) is 4.34. The molecule has 0 aliphatic heterocycles. The molecule has 0 saturated heterocycles. The highest BCUT2D eigenvalue weighted by Crippen LogP contribution is 2.21. The normalized spacial score (nSPS) is 12.0. The maximum Gasteiger partial charge on any atom is 0.341 e. The zero-order valence-electron chi connectivity index (χ0n) is 17.9. The van der Waals surface area contributed by atoms with E-state index in [0.29, 0.717) is 31.2 Å². The summed E-state index contributed by atoms with van der Waals surface area (Å²) in [4.78, 5) is 12.5. The fourth-order valence-electron chi connectivity index (χ4n) is 2.87. The number of aryl methyl sites for hydroxylation is 2. The molecule has 0 aliphatic rings. The number of carbonyl (C=O) groups is 1. The van der Waals surface area contributed by atoms with Crippen LogP contribution in [0.25, 0.3) is 0 Å². The number of hydrogen-bond acceptors (Lipinski definition) is 5. The molecule has 0 atom stereocenters. The summed E-state index contributed by atoms with van der Waals surface area (Å²) in [5.74, 6) is -1.28. The van der Waals surface area contributed by atoms with E-state index < -0.39 is 27.5 Å². The number of ether oxygens (including phenoxy) is 1. The number of unbranched alkanes of at least 4 members (excludes halogenated alkanes) is 2. The van der Waals surface area contributed by atoms with Crippen molar-refractivity contribution in [2.24, 2.45) is 0 Å². The Labute approximate surface area is 178 Å². The largest absolute Gasteiger partial charge is 0.456 e. The van der Waals surface area contributed by atoms with Crippen LogP contribution in [0, 0.1) is 12.7 Å². The molecule has 0 spiro atoms. The summed E-state index contributed by atoms with van der Waals surface area (Å²) in [5, 5.41) is 0. The molecule has 0 aromatic heterocycles. The molecule has 0 aliphatic carbocycles. The van der Waals surface area contributed by atoms with Gasteiger partial charge in [0, 0.05) is 0 Å². The van der Waals surface area contributed by atoms with Crippen LogP contribution in [0.2, 0.25) is 0 Å². The molecule has 0 N–H and O–H groups in total. The van der Waals surface area contributed by atoms with Gasteiger partial charge in [0.15, 0.2) is 0 Å². The Morgan fingerprint density at radius 3 is 2.30 bits per heavy atom. The van der Waals surface area contributed by atoms with Gasteiger partial charge in [0.05, 0.1) is 17.1 Å². The van der Waals surface area contributed by atoms with Gasteiger partial charge in [-0.05, 0) is 70.7 Å². The van der Waals surface area contributed by atoms with E-state index in [1.54, 1.807) is 45.0 Å². The second-order valence-corrected chi connectivity index (χ2v) is 9.79. The molecule has 2 aromatic rings. The first kappa shape index (κ1) is 24.0. The molecule has 0 heterocycles. The summed E-state index contributed by atoms with van der Waals surface area (Å²) < 4.78 is 48.9. The van der Waals surface area contributed by atoms with E-state index in [1.807, 2.05) is 6.92 Å². The van der Waals surface area contributed by atoms with Gasteiger partial charge in [0.2, 0.25) is 0 Å². The van der Waals surface area contributed by atoms with Crippen molar-refractivity contribution in [3.8, 4) is 0 Å². The Bertz CT molecular complexity index is 960. The van der Waals surface area contributed by atoms with Crippen molar-refractivity contribution in [3.05, 3.63) is 65.0 Å². The number of benzene rings is 2. The highest BCUT2D eigenvalue weighted by Gasteiger charge is 2.23. The van der Waals surface area contributed by atoms with Crippen molar-refractivity contribution in [3.63, 3.8) is 0 Å². The lowest BCUT2D eigenvalue weighted by molar-refractivity contribution is 0.00633. The number of hydrogen-bond donors (Lipinski definition) is 0. The lowest BCUT2D eigenvalue weighted by Crippen LogP contribution is -2.25. The van der Waals surface area contributed by atoms with E-state index in [4.69, 9.17) is 8.92 Å². The van der Waals surface area contributed by atoms with Crippen LogP contribution in [0.3, 0.4) is 0 Å². The van der Waals surface area contributed by atoms with E-state index in [-0.39, 0.29) is 17.1 Å². The molecule has 0 saturated carbocycles. The van der Waals surface area contributed by atoms with Crippen LogP contribution in [0.5, 0.6) is 0 Å². The monoisotopic (exact) mass is 436 g/mol. The molecule has 2 aromatic carbocycles. The van der Waals surface area contributed by atoms with Crippen molar-refractivity contribution in [2.45, 2.75) is 63.9 Å². The summed E-state index contributed by atoms with van der Waals surface area (Å²) in [7, 11) is -3.77. The minimum Gasteiger partial charge on any atom is -0.456 e. The topological polar surface area (TPSA) is 69.7 Å². The van der Waals surface area contributed by atoms with Gasteiger partial charge in [-0.2, -0.15) is 8.42 Å².